The molecule has 2 rings (SSSR count). The van der Waals surface area contributed by atoms with Gasteiger partial charge in [0.15, 0.2) is 0 Å². The van der Waals surface area contributed by atoms with E-state index in [0.29, 0.717) is 24.4 Å². The Balaban J connectivity index is 2.21. The number of rotatable bonds is 7. The van der Waals surface area contributed by atoms with Crippen LogP contribution in [0.2, 0.25) is 0 Å². The summed E-state index contributed by atoms with van der Waals surface area (Å²) in [6.07, 6.45) is 6.38. The highest BCUT2D eigenvalue weighted by atomic mass is 35.5. The number of hydrogen-bond acceptors (Lipinski definition) is 4. The van der Waals surface area contributed by atoms with Crippen molar-refractivity contribution in [3.05, 3.63) is 11.9 Å². The molecule has 0 amide bonds. The molecule has 0 radical (unpaired) electrons. The third-order valence-electron chi connectivity index (χ3n) is 3.61. The van der Waals surface area contributed by atoms with Gasteiger partial charge < -0.3 is 9.64 Å². The Hall–Kier alpha value is -1.03. The molecule has 1 heterocycles. The van der Waals surface area contributed by atoms with Crippen LogP contribution in [0, 0.1) is 6.92 Å². The highest BCUT2D eigenvalue weighted by Gasteiger charge is 2.27. The summed E-state index contributed by atoms with van der Waals surface area (Å²) < 4.78 is 5.56. The summed E-state index contributed by atoms with van der Waals surface area (Å²) in [7, 11) is 0. The maximum atomic E-state index is 5.84. The van der Waals surface area contributed by atoms with Crippen LogP contribution < -0.4 is 9.64 Å². The van der Waals surface area contributed by atoms with Gasteiger partial charge in [-0.15, -0.1) is 11.6 Å². The summed E-state index contributed by atoms with van der Waals surface area (Å²) in [5.74, 6) is 2.39. The lowest BCUT2D eigenvalue weighted by Crippen LogP contribution is -2.42. The van der Waals surface area contributed by atoms with Crippen LogP contribution in [0.15, 0.2) is 6.33 Å². The molecule has 1 aliphatic rings. The van der Waals surface area contributed by atoms with Gasteiger partial charge >= 0.3 is 0 Å². The first-order chi connectivity index (χ1) is 9.27. The molecule has 5 heteroatoms. The average molecular weight is 284 g/mol. The summed E-state index contributed by atoms with van der Waals surface area (Å²) in [5.41, 5.74) is 1.03. The molecule has 0 aliphatic heterocycles. The van der Waals surface area contributed by atoms with E-state index >= 15 is 0 Å². The number of anilines is 1. The van der Waals surface area contributed by atoms with Gasteiger partial charge in [-0.2, -0.15) is 0 Å². The molecular formula is C14H22ClN3O. The Bertz CT molecular complexity index is 410. The van der Waals surface area contributed by atoms with Gasteiger partial charge in [0.25, 0.3) is 0 Å². The van der Waals surface area contributed by atoms with E-state index in [1.165, 1.54) is 19.3 Å². The first kappa shape index (κ1) is 14.4. The summed E-state index contributed by atoms with van der Waals surface area (Å²) in [6, 6.07) is 0.603. The zero-order valence-corrected chi connectivity index (χ0v) is 12.5. The van der Waals surface area contributed by atoms with Gasteiger partial charge in [-0.3, -0.25) is 0 Å². The molecule has 0 N–H and O–H groups in total. The lowest BCUT2D eigenvalue weighted by atomic mass is 9.91. The number of halogens is 1. The van der Waals surface area contributed by atoms with Crippen LogP contribution in [0.5, 0.6) is 5.88 Å². The Morgan fingerprint density at radius 3 is 2.79 bits per heavy atom. The zero-order valence-electron chi connectivity index (χ0n) is 11.7. The van der Waals surface area contributed by atoms with Crippen molar-refractivity contribution in [3.8, 4) is 5.88 Å². The lowest BCUT2D eigenvalue weighted by Gasteiger charge is -2.39. The normalized spacial score (nSPS) is 15.1. The van der Waals surface area contributed by atoms with Crippen LogP contribution in [-0.4, -0.2) is 35.0 Å². The third kappa shape index (κ3) is 3.30. The first-order valence-electron chi connectivity index (χ1n) is 7.05. The maximum Gasteiger partial charge on any atom is 0.221 e. The molecule has 1 aliphatic carbocycles. The fourth-order valence-corrected chi connectivity index (χ4v) is 2.51. The highest BCUT2D eigenvalue weighted by molar-refractivity contribution is 6.17. The molecule has 0 spiro atoms. The molecule has 0 saturated heterocycles. The van der Waals surface area contributed by atoms with Crippen molar-refractivity contribution in [2.24, 2.45) is 0 Å². The SMILES string of the molecule is CCOc1ncnc(N(CCCCl)C2CCC2)c1C. The largest absolute Gasteiger partial charge is 0.478 e. The van der Waals surface area contributed by atoms with Crippen molar-refractivity contribution in [1.82, 2.24) is 9.97 Å². The van der Waals surface area contributed by atoms with Gasteiger partial charge in [-0.05, 0) is 39.5 Å². The van der Waals surface area contributed by atoms with Gasteiger partial charge in [0.1, 0.15) is 12.1 Å². The number of ether oxygens (including phenoxy) is 1. The molecule has 0 atom stereocenters. The number of aromatic nitrogens is 2. The van der Waals surface area contributed by atoms with E-state index in [-0.39, 0.29) is 0 Å². The standard InChI is InChI=1S/C14H22ClN3O/c1-3-19-14-11(2)13(16-10-17-14)18(9-5-8-15)12-6-4-7-12/h10,12H,3-9H2,1-2H3. The minimum Gasteiger partial charge on any atom is -0.478 e. The fourth-order valence-electron chi connectivity index (χ4n) is 2.39. The minimum atomic E-state index is 0.603. The Labute approximate surface area is 120 Å². The number of alkyl halides is 1. The lowest BCUT2D eigenvalue weighted by molar-refractivity contribution is 0.322. The van der Waals surface area contributed by atoms with E-state index in [1.807, 2.05) is 13.8 Å². The zero-order chi connectivity index (χ0) is 13.7. The van der Waals surface area contributed by atoms with Crippen LogP contribution in [0.25, 0.3) is 0 Å². The summed E-state index contributed by atoms with van der Waals surface area (Å²) in [6.45, 7) is 5.59. The molecule has 1 fully saturated rings. The van der Waals surface area contributed by atoms with E-state index in [0.717, 1.165) is 24.3 Å². The third-order valence-corrected chi connectivity index (χ3v) is 3.88. The van der Waals surface area contributed by atoms with Crippen molar-refractivity contribution in [1.29, 1.82) is 0 Å². The molecule has 0 bridgehead atoms. The van der Waals surface area contributed by atoms with Crippen LogP contribution in [-0.2, 0) is 0 Å². The number of hydrogen-bond donors (Lipinski definition) is 0. The second-order valence-corrected chi connectivity index (χ2v) is 5.26. The van der Waals surface area contributed by atoms with Gasteiger partial charge in [-0.25, -0.2) is 9.97 Å². The summed E-state index contributed by atoms with van der Waals surface area (Å²) >= 11 is 5.84. The molecule has 0 aromatic carbocycles. The van der Waals surface area contributed by atoms with Gasteiger partial charge in [0.05, 0.1) is 12.2 Å². The fraction of sp³-hybridized carbons (Fsp3) is 0.714. The average Bonchev–Trinajstić information content (AvgIpc) is 2.35. The van der Waals surface area contributed by atoms with Crippen LogP contribution in [0.4, 0.5) is 5.82 Å². The van der Waals surface area contributed by atoms with E-state index in [4.69, 9.17) is 16.3 Å². The maximum absolute atomic E-state index is 5.84. The Morgan fingerprint density at radius 1 is 1.42 bits per heavy atom. The van der Waals surface area contributed by atoms with Gasteiger partial charge in [0, 0.05) is 18.5 Å². The first-order valence-corrected chi connectivity index (χ1v) is 7.58. The molecule has 0 unspecified atom stereocenters. The van der Waals surface area contributed by atoms with Crippen molar-refractivity contribution >= 4 is 17.4 Å². The van der Waals surface area contributed by atoms with E-state index in [1.54, 1.807) is 6.33 Å². The van der Waals surface area contributed by atoms with Crippen LogP contribution >= 0.6 is 11.6 Å². The minimum absolute atomic E-state index is 0.603. The van der Waals surface area contributed by atoms with E-state index < -0.39 is 0 Å². The van der Waals surface area contributed by atoms with Crippen LogP contribution in [0.1, 0.15) is 38.2 Å². The van der Waals surface area contributed by atoms with Gasteiger partial charge in [0.2, 0.25) is 5.88 Å². The Morgan fingerprint density at radius 2 is 2.21 bits per heavy atom. The van der Waals surface area contributed by atoms with Crippen molar-refractivity contribution in [3.63, 3.8) is 0 Å². The molecule has 1 aromatic heterocycles. The second-order valence-electron chi connectivity index (χ2n) is 4.88. The van der Waals surface area contributed by atoms with Crippen molar-refractivity contribution in [2.45, 2.75) is 45.6 Å². The molecule has 106 valence electrons. The predicted octanol–water partition coefficient (Wildman–Crippen LogP) is 3.17. The molecule has 4 nitrogen and oxygen atoms in total. The molecule has 19 heavy (non-hydrogen) atoms. The van der Waals surface area contributed by atoms with Crippen molar-refractivity contribution in [2.75, 3.05) is 23.9 Å². The van der Waals surface area contributed by atoms with Gasteiger partial charge in [-0.1, -0.05) is 0 Å². The van der Waals surface area contributed by atoms with Crippen molar-refractivity contribution < 1.29 is 4.74 Å². The summed E-state index contributed by atoms with van der Waals surface area (Å²) in [4.78, 5) is 11.1. The molecule has 1 saturated carbocycles. The Kier molecular flexibility index (Phi) is 5.25. The monoisotopic (exact) mass is 283 g/mol. The highest BCUT2D eigenvalue weighted by Crippen LogP contribution is 2.32. The topological polar surface area (TPSA) is 38.3 Å². The van der Waals surface area contributed by atoms with E-state index in [2.05, 4.69) is 14.9 Å². The van der Waals surface area contributed by atoms with Crippen LogP contribution in [0.3, 0.4) is 0 Å². The summed E-state index contributed by atoms with van der Waals surface area (Å²) in [5, 5.41) is 0. The smallest absolute Gasteiger partial charge is 0.221 e. The molecular weight excluding hydrogens is 262 g/mol. The molecule has 1 aromatic rings. The number of nitrogens with zero attached hydrogens (tertiary/aromatic N) is 3. The quantitative estimate of drug-likeness (QED) is 0.721. The predicted molar refractivity (Wildman–Crippen MR) is 78.3 cm³/mol. The second kappa shape index (κ2) is 6.94. The van der Waals surface area contributed by atoms with E-state index in [9.17, 15) is 0 Å².